The third-order valence-corrected chi connectivity index (χ3v) is 6.39. The maximum absolute atomic E-state index is 12.1. The van der Waals surface area contributed by atoms with Crippen molar-refractivity contribution in [2.45, 2.75) is 39.2 Å². The van der Waals surface area contributed by atoms with Crippen LogP contribution in [0.3, 0.4) is 0 Å². The molecule has 188 valence electrons. The Hall–Kier alpha value is -2.40. The van der Waals surface area contributed by atoms with Crippen LogP contribution >= 0.6 is 36.2 Å². The fraction of sp³-hybridized carbons (Fsp3) is 0.455. The number of benzene rings is 1. The van der Waals surface area contributed by atoms with Gasteiger partial charge in [0.05, 0.1) is 17.3 Å². The van der Waals surface area contributed by atoms with E-state index in [4.69, 9.17) is 11.5 Å². The Morgan fingerprint density at radius 1 is 1.21 bits per heavy atom. The molecule has 0 spiro atoms. The molecule has 1 aromatic carbocycles. The monoisotopic (exact) mass is 529 g/mol. The van der Waals surface area contributed by atoms with Crippen LogP contribution in [0.5, 0.6) is 0 Å². The Labute approximate surface area is 216 Å². The second-order valence-electron chi connectivity index (χ2n) is 7.96. The second-order valence-corrected chi connectivity index (χ2v) is 9.05. The maximum Gasteiger partial charge on any atom is 0.224 e. The molecular formula is C22H33Cl2N7O2S. The highest BCUT2D eigenvalue weighted by Crippen LogP contribution is 2.28. The molecule has 1 atom stereocenters. The summed E-state index contributed by atoms with van der Waals surface area (Å²) >= 11 is 1.51. The number of piperidine rings is 1. The SMILES string of the molecule is CNC(=O)[C@H]1CCCN(Cc2sc(NC(C)=O)nc2CCc2ccc(N=C(N)N)cc2)C1.Cl.Cl. The Morgan fingerprint density at radius 3 is 2.53 bits per heavy atom. The number of amides is 2. The lowest BCUT2D eigenvalue weighted by atomic mass is 9.97. The van der Waals surface area contributed by atoms with Gasteiger partial charge in [0.15, 0.2) is 11.1 Å². The number of aryl methyl sites for hydroxylation is 2. The third-order valence-electron chi connectivity index (χ3n) is 5.40. The number of aromatic nitrogens is 1. The molecule has 1 saturated heterocycles. The first-order valence-electron chi connectivity index (χ1n) is 10.7. The van der Waals surface area contributed by atoms with Gasteiger partial charge in [-0.1, -0.05) is 12.1 Å². The lowest BCUT2D eigenvalue weighted by Gasteiger charge is -2.31. The number of halogens is 2. The minimum atomic E-state index is -0.134. The van der Waals surface area contributed by atoms with E-state index >= 15 is 0 Å². The van der Waals surface area contributed by atoms with Gasteiger partial charge in [-0.15, -0.1) is 36.2 Å². The minimum Gasteiger partial charge on any atom is -0.370 e. The van der Waals surface area contributed by atoms with Crippen LogP contribution in [0.25, 0.3) is 0 Å². The summed E-state index contributed by atoms with van der Waals surface area (Å²) < 4.78 is 0. The Kier molecular flexibility index (Phi) is 12.3. The van der Waals surface area contributed by atoms with Crippen molar-refractivity contribution in [3.63, 3.8) is 0 Å². The van der Waals surface area contributed by atoms with Crippen LogP contribution in [0.2, 0.25) is 0 Å². The summed E-state index contributed by atoms with van der Waals surface area (Å²) in [6.45, 7) is 3.90. The van der Waals surface area contributed by atoms with Crippen LogP contribution in [-0.4, -0.2) is 47.8 Å². The van der Waals surface area contributed by atoms with Crippen LogP contribution in [0.1, 0.15) is 35.9 Å². The molecule has 1 fully saturated rings. The summed E-state index contributed by atoms with van der Waals surface area (Å²) in [6, 6.07) is 7.76. The van der Waals surface area contributed by atoms with Gasteiger partial charge in [0, 0.05) is 31.9 Å². The number of hydrogen-bond donors (Lipinski definition) is 4. The molecular weight excluding hydrogens is 497 g/mol. The van der Waals surface area contributed by atoms with Gasteiger partial charge < -0.3 is 22.1 Å². The zero-order valence-electron chi connectivity index (χ0n) is 19.4. The zero-order valence-corrected chi connectivity index (χ0v) is 21.8. The van der Waals surface area contributed by atoms with Crippen molar-refractivity contribution in [2.24, 2.45) is 22.4 Å². The van der Waals surface area contributed by atoms with E-state index in [9.17, 15) is 9.59 Å². The van der Waals surface area contributed by atoms with E-state index in [-0.39, 0.29) is 48.5 Å². The first kappa shape index (κ1) is 29.6. The molecule has 2 heterocycles. The van der Waals surface area contributed by atoms with Crippen LogP contribution in [0, 0.1) is 5.92 Å². The molecule has 0 bridgehead atoms. The maximum atomic E-state index is 12.1. The molecule has 2 aromatic rings. The predicted octanol–water partition coefficient (Wildman–Crippen LogP) is 2.59. The van der Waals surface area contributed by atoms with Crippen molar-refractivity contribution in [3.05, 3.63) is 40.4 Å². The van der Waals surface area contributed by atoms with E-state index in [1.165, 1.54) is 18.3 Å². The number of carbonyl (C=O) groups excluding carboxylic acids is 2. The number of guanidine groups is 1. The molecule has 1 aromatic heterocycles. The molecule has 3 rings (SSSR count). The minimum absolute atomic E-state index is 0. The van der Waals surface area contributed by atoms with Crippen LogP contribution in [-0.2, 0) is 29.0 Å². The normalized spacial score (nSPS) is 15.4. The zero-order chi connectivity index (χ0) is 23.1. The van der Waals surface area contributed by atoms with Crippen LogP contribution in [0.4, 0.5) is 10.8 Å². The number of nitrogens with zero attached hydrogens (tertiary/aromatic N) is 3. The standard InChI is InChI=1S/C22H31N7O2S.2ClH/c1-14(30)26-22-28-18(10-7-15-5-8-17(9-6-15)27-21(23)24)19(32-22)13-29-11-3-4-16(12-29)20(31)25-2;;/h5-6,8-9,16H,3-4,7,10-13H2,1-2H3,(H,25,31)(H4,23,24,27)(H,26,28,30);2*1H/t16-;;/m0../s1. The number of hydrogen-bond acceptors (Lipinski definition) is 6. The quantitative estimate of drug-likeness (QED) is 0.306. The van der Waals surface area contributed by atoms with Gasteiger partial charge in [-0.25, -0.2) is 9.98 Å². The van der Waals surface area contributed by atoms with Gasteiger partial charge in [0.25, 0.3) is 0 Å². The first-order chi connectivity index (χ1) is 15.3. The molecule has 34 heavy (non-hydrogen) atoms. The van der Waals surface area contributed by atoms with Crippen LogP contribution in [0.15, 0.2) is 29.3 Å². The van der Waals surface area contributed by atoms with Crippen molar-refractivity contribution in [1.82, 2.24) is 15.2 Å². The molecule has 0 aliphatic carbocycles. The van der Waals surface area contributed by atoms with E-state index in [2.05, 4.69) is 25.5 Å². The van der Waals surface area contributed by atoms with Gasteiger partial charge in [-0.05, 0) is 49.9 Å². The highest BCUT2D eigenvalue weighted by Gasteiger charge is 2.26. The van der Waals surface area contributed by atoms with Crippen molar-refractivity contribution < 1.29 is 9.59 Å². The van der Waals surface area contributed by atoms with Crippen molar-refractivity contribution in [1.29, 1.82) is 0 Å². The Morgan fingerprint density at radius 2 is 1.91 bits per heavy atom. The van der Waals surface area contributed by atoms with Gasteiger partial charge in [0.2, 0.25) is 11.8 Å². The van der Waals surface area contributed by atoms with Gasteiger partial charge in [-0.2, -0.15) is 0 Å². The van der Waals surface area contributed by atoms with E-state index < -0.39 is 0 Å². The van der Waals surface area contributed by atoms with E-state index in [0.717, 1.165) is 61.5 Å². The first-order valence-corrected chi connectivity index (χ1v) is 11.5. The lowest BCUT2D eigenvalue weighted by molar-refractivity contribution is -0.126. The highest BCUT2D eigenvalue weighted by molar-refractivity contribution is 7.15. The molecule has 6 N–H and O–H groups in total. The molecule has 2 amide bonds. The molecule has 12 heteroatoms. The summed E-state index contributed by atoms with van der Waals surface area (Å²) in [5.41, 5.74) is 13.7. The average molecular weight is 531 g/mol. The van der Waals surface area contributed by atoms with Gasteiger partial charge >= 0.3 is 0 Å². The van der Waals surface area contributed by atoms with E-state index in [1.54, 1.807) is 7.05 Å². The number of nitrogens with two attached hydrogens (primary N) is 2. The molecule has 0 radical (unpaired) electrons. The second kappa shape index (κ2) is 14.1. The number of aliphatic imine (C=N–C) groups is 1. The van der Waals surface area contributed by atoms with Crippen molar-refractivity contribution >= 4 is 64.7 Å². The number of thiazole rings is 1. The summed E-state index contributed by atoms with van der Waals surface area (Å²) in [7, 11) is 1.69. The molecule has 0 unspecified atom stereocenters. The number of likely N-dealkylation sites (tertiary alicyclic amines) is 1. The summed E-state index contributed by atoms with van der Waals surface area (Å²) in [6.07, 6.45) is 3.46. The molecule has 0 saturated carbocycles. The lowest BCUT2D eigenvalue weighted by Crippen LogP contribution is -2.41. The van der Waals surface area contributed by atoms with E-state index in [1.807, 2.05) is 24.3 Å². The molecule has 1 aliphatic rings. The highest BCUT2D eigenvalue weighted by atomic mass is 35.5. The Bertz CT molecular complexity index is 978. The van der Waals surface area contributed by atoms with Crippen molar-refractivity contribution in [3.8, 4) is 0 Å². The topological polar surface area (TPSA) is 139 Å². The number of anilines is 1. The fourth-order valence-electron chi connectivity index (χ4n) is 3.88. The van der Waals surface area contributed by atoms with E-state index in [0.29, 0.717) is 10.8 Å². The summed E-state index contributed by atoms with van der Waals surface area (Å²) in [5.74, 6) is 0.0163. The summed E-state index contributed by atoms with van der Waals surface area (Å²) in [4.78, 5) is 35.8. The smallest absolute Gasteiger partial charge is 0.224 e. The predicted molar refractivity (Wildman–Crippen MR) is 142 cm³/mol. The Balaban J connectivity index is 0.00000289. The molecule has 9 nitrogen and oxygen atoms in total. The molecule has 1 aliphatic heterocycles. The van der Waals surface area contributed by atoms with Crippen molar-refractivity contribution in [2.75, 3.05) is 25.5 Å². The average Bonchev–Trinajstić information content (AvgIpc) is 3.12. The summed E-state index contributed by atoms with van der Waals surface area (Å²) in [5, 5.41) is 6.19. The van der Waals surface area contributed by atoms with Gasteiger partial charge in [-0.3, -0.25) is 14.5 Å². The number of nitrogens with one attached hydrogen (secondary N) is 2. The van der Waals surface area contributed by atoms with Crippen LogP contribution < -0.4 is 22.1 Å². The van der Waals surface area contributed by atoms with Gasteiger partial charge in [0.1, 0.15) is 0 Å². The fourth-order valence-corrected chi connectivity index (χ4v) is 4.97. The largest absolute Gasteiger partial charge is 0.370 e. The number of rotatable bonds is 8. The number of carbonyl (C=O) groups is 2. The third kappa shape index (κ3) is 8.75.